The summed E-state index contributed by atoms with van der Waals surface area (Å²) < 4.78 is 5.11. The van der Waals surface area contributed by atoms with Crippen molar-refractivity contribution in [3.05, 3.63) is 40.2 Å². The number of phenols is 3. The fourth-order valence-electron chi connectivity index (χ4n) is 2.33. The first-order chi connectivity index (χ1) is 8.97. The van der Waals surface area contributed by atoms with Gasteiger partial charge in [0, 0.05) is 22.9 Å². The van der Waals surface area contributed by atoms with Crippen molar-refractivity contribution in [3.63, 3.8) is 0 Å². The molecule has 5 nitrogen and oxygen atoms in total. The molecular formula is C14H10O5. The van der Waals surface area contributed by atoms with E-state index in [-0.39, 0.29) is 28.2 Å². The van der Waals surface area contributed by atoms with Gasteiger partial charge in [-0.3, -0.25) is 0 Å². The topological polar surface area (TPSA) is 90.9 Å². The molecule has 0 unspecified atom stereocenters. The van der Waals surface area contributed by atoms with Crippen LogP contribution in [0.4, 0.5) is 0 Å². The van der Waals surface area contributed by atoms with Crippen LogP contribution in [0.3, 0.4) is 0 Å². The predicted octanol–water partition coefficient (Wildman–Crippen LogP) is 2.37. The summed E-state index contributed by atoms with van der Waals surface area (Å²) in [5.74, 6) is -0.444. The van der Waals surface area contributed by atoms with Crippen molar-refractivity contribution >= 4 is 21.7 Å². The minimum atomic E-state index is -0.682. The lowest BCUT2D eigenvalue weighted by atomic mass is 10.0. The second kappa shape index (κ2) is 3.65. The average molecular weight is 258 g/mol. The van der Waals surface area contributed by atoms with Crippen molar-refractivity contribution in [1.29, 1.82) is 0 Å². The molecule has 3 rings (SSSR count). The standard InChI is InChI=1S/C14H10O5/c1-6-2-7(15)5-11-12(6)13-9(14(18)19-11)3-8(16)4-10(13)17/h2-5,15-17H,1H3. The number of hydrogen-bond donors (Lipinski definition) is 3. The zero-order valence-electron chi connectivity index (χ0n) is 9.97. The number of phenolic OH excluding ortho intramolecular Hbond substituents is 3. The largest absolute Gasteiger partial charge is 0.508 e. The molecule has 0 saturated carbocycles. The predicted molar refractivity (Wildman–Crippen MR) is 69.7 cm³/mol. The van der Waals surface area contributed by atoms with Crippen LogP contribution in [0.5, 0.6) is 17.2 Å². The van der Waals surface area contributed by atoms with Gasteiger partial charge >= 0.3 is 5.63 Å². The molecule has 0 aliphatic carbocycles. The number of aromatic hydroxyl groups is 3. The second-order valence-electron chi connectivity index (χ2n) is 4.41. The highest BCUT2D eigenvalue weighted by atomic mass is 16.4. The molecule has 0 saturated heterocycles. The Labute approximate surface area is 107 Å². The number of fused-ring (bicyclic) bond motifs is 3. The summed E-state index contributed by atoms with van der Waals surface area (Å²) in [5.41, 5.74) is 0.166. The molecule has 96 valence electrons. The molecule has 0 amide bonds. The zero-order chi connectivity index (χ0) is 13.7. The Hall–Kier alpha value is -2.69. The van der Waals surface area contributed by atoms with E-state index in [0.29, 0.717) is 16.3 Å². The minimum Gasteiger partial charge on any atom is -0.508 e. The van der Waals surface area contributed by atoms with E-state index in [1.54, 1.807) is 6.92 Å². The lowest BCUT2D eigenvalue weighted by Crippen LogP contribution is -2.00. The van der Waals surface area contributed by atoms with Crippen molar-refractivity contribution in [3.8, 4) is 17.2 Å². The Morgan fingerprint density at radius 3 is 2.37 bits per heavy atom. The highest BCUT2D eigenvalue weighted by Gasteiger charge is 2.15. The third-order valence-electron chi connectivity index (χ3n) is 3.06. The maximum absolute atomic E-state index is 11.8. The fourth-order valence-corrected chi connectivity index (χ4v) is 2.33. The van der Waals surface area contributed by atoms with Gasteiger partial charge in [0.15, 0.2) is 0 Å². The minimum absolute atomic E-state index is 0.0224. The van der Waals surface area contributed by atoms with Gasteiger partial charge in [-0.1, -0.05) is 0 Å². The Morgan fingerprint density at radius 1 is 0.947 bits per heavy atom. The van der Waals surface area contributed by atoms with Crippen molar-refractivity contribution in [2.45, 2.75) is 6.92 Å². The van der Waals surface area contributed by atoms with Crippen LogP contribution in [0.15, 0.2) is 33.5 Å². The molecule has 5 heteroatoms. The van der Waals surface area contributed by atoms with E-state index in [2.05, 4.69) is 0 Å². The molecule has 3 N–H and O–H groups in total. The summed E-state index contributed by atoms with van der Waals surface area (Å²) in [6, 6.07) is 5.23. The van der Waals surface area contributed by atoms with E-state index in [0.717, 1.165) is 6.07 Å². The summed E-state index contributed by atoms with van der Waals surface area (Å²) in [6.45, 7) is 1.73. The van der Waals surface area contributed by atoms with Crippen LogP contribution in [-0.4, -0.2) is 15.3 Å². The average Bonchev–Trinajstić information content (AvgIpc) is 2.29. The summed E-state index contributed by atoms with van der Waals surface area (Å²) >= 11 is 0. The maximum atomic E-state index is 11.8. The van der Waals surface area contributed by atoms with Crippen molar-refractivity contribution in [2.24, 2.45) is 0 Å². The van der Waals surface area contributed by atoms with Gasteiger partial charge in [-0.2, -0.15) is 0 Å². The van der Waals surface area contributed by atoms with Gasteiger partial charge in [0.05, 0.1) is 5.39 Å². The lowest BCUT2D eigenvalue weighted by Gasteiger charge is -2.08. The number of aryl methyl sites for hydroxylation is 1. The first-order valence-electron chi connectivity index (χ1n) is 5.59. The van der Waals surface area contributed by atoms with E-state index in [9.17, 15) is 20.1 Å². The first kappa shape index (κ1) is 11.4. The molecule has 0 spiro atoms. The second-order valence-corrected chi connectivity index (χ2v) is 4.41. The number of benzene rings is 2. The molecule has 0 atom stereocenters. The van der Waals surface area contributed by atoms with Crippen LogP contribution in [-0.2, 0) is 0 Å². The summed E-state index contributed by atoms with van der Waals surface area (Å²) in [6.07, 6.45) is 0. The van der Waals surface area contributed by atoms with Gasteiger partial charge in [-0.15, -0.1) is 0 Å². The molecule has 0 aliphatic rings. The Morgan fingerprint density at radius 2 is 1.63 bits per heavy atom. The van der Waals surface area contributed by atoms with Gasteiger partial charge in [0.25, 0.3) is 0 Å². The monoisotopic (exact) mass is 258 g/mol. The van der Waals surface area contributed by atoms with E-state index in [4.69, 9.17) is 4.42 Å². The highest BCUT2D eigenvalue weighted by molar-refractivity contribution is 6.09. The van der Waals surface area contributed by atoms with E-state index in [1.165, 1.54) is 18.2 Å². The highest BCUT2D eigenvalue weighted by Crippen LogP contribution is 2.36. The van der Waals surface area contributed by atoms with Crippen LogP contribution in [0, 0.1) is 6.92 Å². The molecule has 3 aromatic rings. The summed E-state index contributed by atoms with van der Waals surface area (Å²) in [7, 11) is 0. The summed E-state index contributed by atoms with van der Waals surface area (Å²) in [4.78, 5) is 11.8. The van der Waals surface area contributed by atoms with Crippen molar-refractivity contribution < 1.29 is 19.7 Å². The first-order valence-corrected chi connectivity index (χ1v) is 5.59. The van der Waals surface area contributed by atoms with E-state index in [1.807, 2.05) is 0 Å². The van der Waals surface area contributed by atoms with Gasteiger partial charge in [0.2, 0.25) is 0 Å². The molecule has 19 heavy (non-hydrogen) atoms. The SMILES string of the molecule is Cc1cc(O)cc2oc(=O)c3cc(O)cc(O)c3c12. The van der Waals surface area contributed by atoms with Gasteiger partial charge in [-0.05, 0) is 24.6 Å². The third kappa shape index (κ3) is 1.59. The van der Waals surface area contributed by atoms with Crippen LogP contribution in [0.2, 0.25) is 0 Å². The summed E-state index contributed by atoms with van der Waals surface area (Å²) in [5, 5.41) is 29.9. The zero-order valence-corrected chi connectivity index (χ0v) is 9.97. The molecule has 0 aliphatic heterocycles. The molecule has 0 radical (unpaired) electrons. The van der Waals surface area contributed by atoms with Gasteiger partial charge < -0.3 is 19.7 Å². The van der Waals surface area contributed by atoms with Crippen LogP contribution < -0.4 is 5.63 Å². The van der Waals surface area contributed by atoms with Crippen molar-refractivity contribution in [1.82, 2.24) is 0 Å². The quantitative estimate of drug-likeness (QED) is 0.425. The van der Waals surface area contributed by atoms with E-state index >= 15 is 0 Å². The van der Waals surface area contributed by atoms with Crippen LogP contribution in [0.25, 0.3) is 21.7 Å². The molecule has 0 fully saturated rings. The Bertz CT molecular complexity index is 877. The maximum Gasteiger partial charge on any atom is 0.344 e. The van der Waals surface area contributed by atoms with E-state index < -0.39 is 5.63 Å². The fraction of sp³-hybridized carbons (Fsp3) is 0.0714. The lowest BCUT2D eigenvalue weighted by molar-refractivity contribution is 0.454. The molecule has 1 heterocycles. The Kier molecular flexibility index (Phi) is 2.19. The normalized spacial score (nSPS) is 11.2. The molecule has 1 aromatic heterocycles. The Balaban J connectivity index is 2.70. The number of rotatable bonds is 0. The smallest absolute Gasteiger partial charge is 0.344 e. The van der Waals surface area contributed by atoms with Crippen molar-refractivity contribution in [2.75, 3.05) is 0 Å². The van der Waals surface area contributed by atoms with Crippen LogP contribution >= 0.6 is 0 Å². The van der Waals surface area contributed by atoms with Gasteiger partial charge in [0.1, 0.15) is 22.8 Å². The number of hydrogen-bond acceptors (Lipinski definition) is 5. The van der Waals surface area contributed by atoms with Gasteiger partial charge in [-0.25, -0.2) is 4.79 Å². The molecule has 2 aromatic carbocycles. The molecular weight excluding hydrogens is 248 g/mol. The molecule has 0 bridgehead atoms. The third-order valence-corrected chi connectivity index (χ3v) is 3.06. The van der Waals surface area contributed by atoms with Crippen LogP contribution in [0.1, 0.15) is 5.56 Å².